The van der Waals surface area contributed by atoms with E-state index in [4.69, 9.17) is 16.3 Å². The van der Waals surface area contributed by atoms with Crippen LogP contribution in [0.15, 0.2) is 73.8 Å². The van der Waals surface area contributed by atoms with Gasteiger partial charge in [0.25, 0.3) is 0 Å². The van der Waals surface area contributed by atoms with E-state index < -0.39 is 0 Å². The molecule has 0 aromatic heterocycles. The van der Waals surface area contributed by atoms with Gasteiger partial charge in [-0.15, -0.1) is 13.2 Å². The monoisotopic (exact) mass is 398 g/mol. The van der Waals surface area contributed by atoms with E-state index in [-0.39, 0.29) is 11.9 Å². The van der Waals surface area contributed by atoms with Crippen LogP contribution in [0.3, 0.4) is 0 Å². The van der Waals surface area contributed by atoms with Crippen molar-refractivity contribution in [3.8, 4) is 11.5 Å². The van der Waals surface area contributed by atoms with E-state index in [1.54, 1.807) is 30.0 Å². The number of ether oxygens (including phenoxy) is 1. The number of carbonyl (C=O) groups excluding carboxylic acids is 1. The van der Waals surface area contributed by atoms with Crippen molar-refractivity contribution in [3.05, 3.63) is 78.9 Å². The minimum Gasteiger partial charge on any atom is -0.455 e. The summed E-state index contributed by atoms with van der Waals surface area (Å²) in [7, 11) is 0. The Morgan fingerprint density at radius 3 is 2.54 bits per heavy atom. The van der Waals surface area contributed by atoms with Crippen molar-refractivity contribution in [2.75, 3.05) is 18.4 Å². The Bertz CT molecular complexity index is 789. The third kappa shape index (κ3) is 6.78. The van der Waals surface area contributed by atoms with Gasteiger partial charge in [0, 0.05) is 31.1 Å². The number of amides is 1. The molecule has 1 unspecified atom stereocenters. The fourth-order valence-corrected chi connectivity index (χ4v) is 2.95. The molecule has 0 saturated carbocycles. The first kappa shape index (κ1) is 21.6. The largest absolute Gasteiger partial charge is 0.455 e. The Hall–Kier alpha value is -2.72. The molecule has 2 aromatic carbocycles. The van der Waals surface area contributed by atoms with Crippen molar-refractivity contribution in [3.63, 3.8) is 0 Å². The minimum atomic E-state index is 0.0451. The molecule has 5 heteroatoms. The van der Waals surface area contributed by atoms with E-state index in [2.05, 4.69) is 18.5 Å². The summed E-state index contributed by atoms with van der Waals surface area (Å²) in [6.07, 6.45) is 5.18. The Morgan fingerprint density at radius 2 is 1.89 bits per heavy atom. The summed E-state index contributed by atoms with van der Waals surface area (Å²) in [6, 6.07) is 15.2. The highest BCUT2D eigenvalue weighted by Crippen LogP contribution is 2.31. The lowest BCUT2D eigenvalue weighted by Crippen LogP contribution is -2.33. The van der Waals surface area contributed by atoms with Crippen LogP contribution in [-0.2, 0) is 4.79 Å². The molecule has 148 valence electrons. The molecule has 0 aliphatic carbocycles. The fraction of sp³-hybridized carbons (Fsp3) is 0.261. The maximum absolute atomic E-state index is 11.8. The molecule has 2 rings (SSSR count). The zero-order chi connectivity index (χ0) is 20.4. The van der Waals surface area contributed by atoms with Crippen molar-refractivity contribution in [2.24, 2.45) is 0 Å². The SMILES string of the molecule is C=CCC(CCN(CC=C)C(C)=O)Nc1ccccc1Oc1ccc(Cl)cc1. The molecule has 1 N–H and O–H groups in total. The standard InChI is InChI=1S/C23H27ClN2O2/c1-4-8-20(15-17-26(16-5-2)18(3)27)25-22-9-6-7-10-23(22)28-21-13-11-19(24)12-14-21/h4-7,9-14,20,25H,1-2,8,15-17H2,3H3. The first-order valence-corrected chi connectivity index (χ1v) is 9.67. The second kappa shape index (κ2) is 11.2. The second-order valence-electron chi connectivity index (χ2n) is 6.46. The zero-order valence-corrected chi connectivity index (χ0v) is 17.0. The summed E-state index contributed by atoms with van der Waals surface area (Å²) in [4.78, 5) is 13.5. The average molecular weight is 399 g/mol. The number of carbonyl (C=O) groups is 1. The first-order chi connectivity index (χ1) is 13.5. The van der Waals surface area contributed by atoms with Gasteiger partial charge in [-0.2, -0.15) is 0 Å². The predicted molar refractivity (Wildman–Crippen MR) is 117 cm³/mol. The number of halogens is 1. The second-order valence-corrected chi connectivity index (χ2v) is 6.90. The van der Waals surface area contributed by atoms with Gasteiger partial charge in [-0.25, -0.2) is 0 Å². The van der Waals surface area contributed by atoms with Crippen LogP contribution >= 0.6 is 11.6 Å². The normalized spacial score (nSPS) is 11.4. The minimum absolute atomic E-state index is 0.0451. The third-order valence-corrected chi connectivity index (χ3v) is 4.53. The van der Waals surface area contributed by atoms with E-state index in [1.165, 1.54) is 0 Å². The number of anilines is 1. The average Bonchev–Trinajstić information content (AvgIpc) is 2.68. The van der Waals surface area contributed by atoms with Crippen LogP contribution in [0.5, 0.6) is 11.5 Å². The molecule has 0 saturated heterocycles. The van der Waals surface area contributed by atoms with Gasteiger partial charge in [-0.3, -0.25) is 4.79 Å². The van der Waals surface area contributed by atoms with Crippen LogP contribution in [0.25, 0.3) is 0 Å². The quantitative estimate of drug-likeness (QED) is 0.478. The predicted octanol–water partition coefficient (Wildman–Crippen LogP) is 5.91. The maximum atomic E-state index is 11.8. The summed E-state index contributed by atoms with van der Waals surface area (Å²) < 4.78 is 6.02. The van der Waals surface area contributed by atoms with Crippen molar-refractivity contribution in [1.82, 2.24) is 4.90 Å². The highest BCUT2D eigenvalue weighted by atomic mass is 35.5. The molecule has 0 aliphatic rings. The van der Waals surface area contributed by atoms with Gasteiger partial charge in [-0.1, -0.05) is 35.9 Å². The molecule has 0 aliphatic heterocycles. The van der Waals surface area contributed by atoms with E-state index in [1.807, 2.05) is 42.5 Å². The van der Waals surface area contributed by atoms with E-state index in [0.29, 0.717) is 23.9 Å². The third-order valence-electron chi connectivity index (χ3n) is 4.28. The molecule has 0 radical (unpaired) electrons. The summed E-state index contributed by atoms with van der Waals surface area (Å²) >= 11 is 5.94. The maximum Gasteiger partial charge on any atom is 0.219 e. The number of nitrogens with one attached hydrogen (secondary N) is 1. The molecule has 0 heterocycles. The Balaban J connectivity index is 2.09. The van der Waals surface area contributed by atoms with Gasteiger partial charge in [0.1, 0.15) is 5.75 Å². The number of benzene rings is 2. The molecule has 0 spiro atoms. The molecule has 1 amide bonds. The first-order valence-electron chi connectivity index (χ1n) is 9.29. The van der Waals surface area contributed by atoms with Crippen LogP contribution in [0.4, 0.5) is 5.69 Å². The summed E-state index contributed by atoms with van der Waals surface area (Å²) in [5.74, 6) is 1.49. The van der Waals surface area contributed by atoms with Crippen molar-refractivity contribution in [1.29, 1.82) is 0 Å². The fourth-order valence-electron chi connectivity index (χ4n) is 2.82. The van der Waals surface area contributed by atoms with Crippen LogP contribution in [-0.4, -0.2) is 29.9 Å². The molecule has 1 atom stereocenters. The lowest BCUT2D eigenvalue weighted by Gasteiger charge is -2.25. The summed E-state index contributed by atoms with van der Waals surface area (Å²) in [5, 5.41) is 4.20. The smallest absolute Gasteiger partial charge is 0.219 e. The molecule has 0 fully saturated rings. The number of para-hydroxylation sites is 2. The van der Waals surface area contributed by atoms with Crippen molar-refractivity contribution in [2.45, 2.75) is 25.8 Å². The van der Waals surface area contributed by atoms with Gasteiger partial charge in [0.15, 0.2) is 5.75 Å². The molecular formula is C23H27ClN2O2. The van der Waals surface area contributed by atoms with Crippen LogP contribution in [0, 0.1) is 0 Å². The molecule has 2 aromatic rings. The van der Waals surface area contributed by atoms with Gasteiger partial charge >= 0.3 is 0 Å². The van der Waals surface area contributed by atoms with Gasteiger partial charge in [0.05, 0.1) is 5.69 Å². The van der Waals surface area contributed by atoms with Crippen molar-refractivity contribution >= 4 is 23.2 Å². The van der Waals surface area contributed by atoms with Gasteiger partial charge in [0.2, 0.25) is 5.91 Å². The van der Waals surface area contributed by atoms with Crippen LogP contribution in [0.2, 0.25) is 5.02 Å². The Morgan fingerprint density at radius 1 is 1.18 bits per heavy atom. The van der Waals surface area contributed by atoms with Gasteiger partial charge in [-0.05, 0) is 49.2 Å². The lowest BCUT2D eigenvalue weighted by atomic mass is 10.1. The number of hydrogen-bond acceptors (Lipinski definition) is 3. The molecule has 4 nitrogen and oxygen atoms in total. The summed E-state index contributed by atoms with van der Waals surface area (Å²) in [5.41, 5.74) is 0.891. The molecule has 0 bridgehead atoms. The van der Waals surface area contributed by atoms with Crippen molar-refractivity contribution < 1.29 is 9.53 Å². The highest BCUT2D eigenvalue weighted by Gasteiger charge is 2.14. The molecular weight excluding hydrogens is 372 g/mol. The van der Waals surface area contributed by atoms with E-state index in [9.17, 15) is 4.79 Å². The topological polar surface area (TPSA) is 41.6 Å². The highest BCUT2D eigenvalue weighted by molar-refractivity contribution is 6.30. The number of nitrogens with zero attached hydrogens (tertiary/aromatic N) is 1. The zero-order valence-electron chi connectivity index (χ0n) is 16.2. The van der Waals surface area contributed by atoms with Crippen LogP contribution < -0.4 is 10.1 Å². The Labute approximate surface area is 172 Å². The van der Waals surface area contributed by atoms with E-state index in [0.717, 1.165) is 24.3 Å². The molecule has 28 heavy (non-hydrogen) atoms. The number of hydrogen-bond donors (Lipinski definition) is 1. The van der Waals surface area contributed by atoms with Gasteiger partial charge < -0.3 is 15.0 Å². The Kier molecular flexibility index (Phi) is 8.63. The van der Waals surface area contributed by atoms with E-state index >= 15 is 0 Å². The number of rotatable bonds is 11. The summed E-state index contributed by atoms with van der Waals surface area (Å²) in [6.45, 7) is 10.4. The van der Waals surface area contributed by atoms with Crippen LogP contribution in [0.1, 0.15) is 19.8 Å². The lowest BCUT2D eigenvalue weighted by molar-refractivity contribution is -0.128.